The van der Waals surface area contributed by atoms with Crippen molar-refractivity contribution in [3.63, 3.8) is 0 Å². The molecule has 12 heavy (non-hydrogen) atoms. The van der Waals surface area contributed by atoms with Crippen LogP contribution in [0.4, 0.5) is 0 Å². The maximum Gasteiger partial charge on any atom is 0.0943 e. The standard InChI is InChI=1S/C8H13ClO2S/c9-7-5-4-6-2-1-3-8(7)12-11-10-6/h6-8H,1-5H2/t6-,7-,8+/m0/s1. The zero-order valence-electron chi connectivity index (χ0n) is 6.87. The van der Waals surface area contributed by atoms with E-state index >= 15 is 0 Å². The minimum Gasteiger partial charge on any atom is -0.221 e. The van der Waals surface area contributed by atoms with Crippen LogP contribution in [0.5, 0.6) is 0 Å². The lowest BCUT2D eigenvalue weighted by atomic mass is 9.98. The normalized spacial score (nSPS) is 43.2. The van der Waals surface area contributed by atoms with Crippen LogP contribution in [0.25, 0.3) is 0 Å². The van der Waals surface area contributed by atoms with Gasteiger partial charge in [0, 0.05) is 17.4 Å². The maximum atomic E-state index is 6.20. The van der Waals surface area contributed by atoms with Crippen molar-refractivity contribution in [2.24, 2.45) is 0 Å². The van der Waals surface area contributed by atoms with Crippen molar-refractivity contribution < 1.29 is 9.22 Å². The Labute approximate surface area is 82.1 Å². The zero-order chi connectivity index (χ0) is 8.39. The molecule has 3 atom stereocenters. The molecule has 3 fully saturated rings. The van der Waals surface area contributed by atoms with Crippen LogP contribution in [-0.2, 0) is 9.22 Å². The molecule has 0 aromatic rings. The number of fused-ring (bicyclic) bond motifs is 6. The molecule has 0 spiro atoms. The molecule has 2 nitrogen and oxygen atoms in total. The zero-order valence-corrected chi connectivity index (χ0v) is 8.44. The van der Waals surface area contributed by atoms with Crippen molar-refractivity contribution >= 4 is 23.6 Å². The van der Waals surface area contributed by atoms with Crippen LogP contribution < -0.4 is 0 Å². The van der Waals surface area contributed by atoms with Crippen LogP contribution in [0, 0.1) is 0 Å². The van der Waals surface area contributed by atoms with Gasteiger partial charge in [-0.05, 0) is 32.1 Å². The maximum absolute atomic E-state index is 6.20. The van der Waals surface area contributed by atoms with Gasteiger partial charge in [-0.3, -0.25) is 0 Å². The first-order valence-electron chi connectivity index (χ1n) is 4.49. The van der Waals surface area contributed by atoms with E-state index in [2.05, 4.69) is 0 Å². The van der Waals surface area contributed by atoms with Gasteiger partial charge in [-0.1, -0.05) is 0 Å². The van der Waals surface area contributed by atoms with E-state index in [4.69, 9.17) is 20.8 Å². The average Bonchev–Trinajstić information content (AvgIpc) is 1.97. The molecule has 2 saturated heterocycles. The van der Waals surface area contributed by atoms with Gasteiger partial charge in [0.15, 0.2) is 0 Å². The van der Waals surface area contributed by atoms with E-state index in [1.807, 2.05) is 0 Å². The molecule has 1 aliphatic carbocycles. The Hall–Kier alpha value is 0.560. The van der Waals surface area contributed by atoms with Crippen LogP contribution in [0.3, 0.4) is 0 Å². The fourth-order valence-corrected chi connectivity index (χ4v) is 2.89. The monoisotopic (exact) mass is 208 g/mol. The molecule has 4 heteroatoms. The van der Waals surface area contributed by atoms with Crippen molar-refractivity contribution in [1.82, 2.24) is 0 Å². The molecule has 0 N–H and O–H groups in total. The first-order valence-corrected chi connectivity index (χ1v) is 5.73. The second kappa shape index (κ2) is 4.18. The summed E-state index contributed by atoms with van der Waals surface area (Å²) in [4.78, 5) is 5.21. The van der Waals surface area contributed by atoms with Gasteiger partial charge in [0.2, 0.25) is 0 Å². The van der Waals surface area contributed by atoms with Gasteiger partial charge >= 0.3 is 0 Å². The Bertz CT molecular complexity index is 144. The number of alkyl halides is 1. The van der Waals surface area contributed by atoms with Gasteiger partial charge in [0.05, 0.1) is 11.4 Å². The number of halogens is 1. The summed E-state index contributed by atoms with van der Waals surface area (Å²) in [6, 6.07) is 0. The molecule has 3 aliphatic rings. The summed E-state index contributed by atoms with van der Waals surface area (Å²) < 4.78 is 5.04. The van der Waals surface area contributed by atoms with E-state index in [-0.39, 0.29) is 11.5 Å². The molecule has 70 valence electrons. The van der Waals surface area contributed by atoms with Gasteiger partial charge in [0.1, 0.15) is 0 Å². The quantitative estimate of drug-likeness (QED) is 0.347. The summed E-state index contributed by atoms with van der Waals surface area (Å²) in [5.74, 6) is 0. The topological polar surface area (TPSA) is 18.5 Å². The van der Waals surface area contributed by atoms with Crippen LogP contribution in [0.1, 0.15) is 32.1 Å². The third kappa shape index (κ3) is 2.08. The molecule has 2 bridgehead atoms. The first-order chi connectivity index (χ1) is 5.86. The Kier molecular flexibility index (Phi) is 3.18. The highest BCUT2D eigenvalue weighted by molar-refractivity contribution is 7.95. The summed E-state index contributed by atoms with van der Waals surface area (Å²) in [6.45, 7) is 0. The molecule has 1 saturated carbocycles. The van der Waals surface area contributed by atoms with Gasteiger partial charge in [0.25, 0.3) is 0 Å². The minimum atomic E-state index is 0.265. The first kappa shape index (κ1) is 9.13. The molecular formula is C8H13ClO2S. The van der Waals surface area contributed by atoms with E-state index in [9.17, 15) is 0 Å². The fraction of sp³-hybridized carbons (Fsp3) is 1.00. The second-order valence-corrected chi connectivity index (χ2v) is 4.94. The molecule has 0 aromatic carbocycles. The number of hydrogen-bond donors (Lipinski definition) is 0. The highest BCUT2D eigenvalue weighted by Crippen LogP contribution is 2.35. The third-order valence-corrected chi connectivity index (χ3v) is 4.16. The lowest BCUT2D eigenvalue weighted by molar-refractivity contribution is -0.239. The van der Waals surface area contributed by atoms with Gasteiger partial charge in [-0.15, -0.1) is 11.6 Å². The molecule has 3 rings (SSSR count). The molecular weight excluding hydrogens is 196 g/mol. The number of hydrogen-bond acceptors (Lipinski definition) is 3. The lowest BCUT2D eigenvalue weighted by Gasteiger charge is -2.30. The van der Waals surface area contributed by atoms with Crippen molar-refractivity contribution in [3.8, 4) is 0 Å². The van der Waals surface area contributed by atoms with E-state index in [1.165, 1.54) is 24.9 Å². The lowest BCUT2D eigenvalue weighted by Crippen LogP contribution is -2.28. The van der Waals surface area contributed by atoms with E-state index < -0.39 is 0 Å². The fourth-order valence-electron chi connectivity index (χ4n) is 1.74. The Morgan fingerprint density at radius 1 is 1.17 bits per heavy atom. The predicted octanol–water partition coefficient (Wildman–Crippen LogP) is 2.91. The molecule has 0 amide bonds. The highest BCUT2D eigenvalue weighted by Gasteiger charge is 2.29. The summed E-state index contributed by atoms with van der Waals surface area (Å²) in [5, 5.41) is 0.689. The van der Waals surface area contributed by atoms with Crippen LogP contribution in [0.15, 0.2) is 0 Å². The van der Waals surface area contributed by atoms with Crippen molar-refractivity contribution in [2.75, 3.05) is 0 Å². The van der Waals surface area contributed by atoms with Gasteiger partial charge < -0.3 is 0 Å². The Morgan fingerprint density at radius 2 is 2.08 bits per heavy atom. The minimum absolute atomic E-state index is 0.265. The Morgan fingerprint density at radius 3 is 3.00 bits per heavy atom. The van der Waals surface area contributed by atoms with Crippen molar-refractivity contribution in [1.29, 1.82) is 0 Å². The largest absolute Gasteiger partial charge is 0.221 e. The van der Waals surface area contributed by atoms with Crippen LogP contribution in [0.2, 0.25) is 0 Å². The molecule has 0 radical (unpaired) electrons. The molecule has 0 unspecified atom stereocenters. The average molecular weight is 209 g/mol. The molecule has 0 aromatic heterocycles. The second-order valence-electron chi connectivity index (χ2n) is 3.45. The van der Waals surface area contributed by atoms with Gasteiger partial charge in [-0.2, -0.15) is 4.33 Å². The smallest absolute Gasteiger partial charge is 0.0943 e. The summed E-state index contributed by atoms with van der Waals surface area (Å²) in [6.07, 6.45) is 5.90. The predicted molar refractivity (Wildman–Crippen MR) is 50.1 cm³/mol. The van der Waals surface area contributed by atoms with E-state index in [0.29, 0.717) is 5.25 Å². The molecule has 2 aliphatic heterocycles. The Balaban J connectivity index is 2.02. The van der Waals surface area contributed by atoms with E-state index in [1.54, 1.807) is 0 Å². The molecule has 2 heterocycles. The summed E-state index contributed by atoms with van der Waals surface area (Å²) in [7, 11) is 0. The summed E-state index contributed by atoms with van der Waals surface area (Å²) in [5.41, 5.74) is 0. The summed E-state index contributed by atoms with van der Waals surface area (Å²) >= 11 is 7.61. The van der Waals surface area contributed by atoms with Crippen molar-refractivity contribution in [2.45, 2.75) is 48.8 Å². The van der Waals surface area contributed by atoms with Crippen molar-refractivity contribution in [3.05, 3.63) is 0 Å². The SMILES string of the molecule is Cl[C@H]1CC[C@@H]2CCC[C@H]1SOO2. The van der Waals surface area contributed by atoms with Crippen LogP contribution in [-0.4, -0.2) is 16.7 Å². The number of rotatable bonds is 0. The van der Waals surface area contributed by atoms with Crippen LogP contribution >= 0.6 is 23.6 Å². The van der Waals surface area contributed by atoms with Gasteiger partial charge in [-0.25, -0.2) is 4.89 Å². The third-order valence-electron chi connectivity index (χ3n) is 2.52. The highest BCUT2D eigenvalue weighted by atomic mass is 35.5. The van der Waals surface area contributed by atoms with E-state index in [0.717, 1.165) is 19.3 Å².